The summed E-state index contributed by atoms with van der Waals surface area (Å²) in [5.41, 5.74) is 7.49. The van der Waals surface area contributed by atoms with Crippen LogP contribution in [0.25, 0.3) is 0 Å². The Morgan fingerprint density at radius 1 is 1.31 bits per heavy atom. The van der Waals surface area contributed by atoms with Crippen LogP contribution in [0.5, 0.6) is 0 Å². The molecule has 0 unspecified atom stereocenters. The van der Waals surface area contributed by atoms with E-state index < -0.39 is 5.91 Å². The van der Waals surface area contributed by atoms with E-state index in [1.807, 2.05) is 33.8 Å². The summed E-state index contributed by atoms with van der Waals surface area (Å²) in [6.07, 6.45) is 0. The molecule has 0 aromatic heterocycles. The second-order valence-electron chi connectivity index (χ2n) is 4.84. The maximum absolute atomic E-state index is 11.1. The van der Waals surface area contributed by atoms with E-state index >= 15 is 0 Å². The first-order valence-electron chi connectivity index (χ1n) is 5.24. The molecule has 2 N–H and O–H groups in total. The minimum Gasteiger partial charge on any atom is -0.366 e. The van der Waals surface area contributed by atoms with E-state index in [1.165, 1.54) is 0 Å². The average molecular weight is 215 g/mol. The summed E-state index contributed by atoms with van der Waals surface area (Å²) in [6, 6.07) is 5.43. The third-order valence-corrected chi connectivity index (χ3v) is 2.17. The van der Waals surface area contributed by atoms with Gasteiger partial charge in [-0.1, -0.05) is 17.9 Å². The number of carbonyl (C=O) groups excluding carboxylic acids is 1. The van der Waals surface area contributed by atoms with Crippen LogP contribution in [0, 0.1) is 24.2 Å². The largest absolute Gasteiger partial charge is 0.366 e. The molecule has 0 saturated carbocycles. The lowest BCUT2D eigenvalue weighted by Crippen LogP contribution is -2.13. The van der Waals surface area contributed by atoms with Crippen molar-refractivity contribution in [3.8, 4) is 11.8 Å². The highest BCUT2D eigenvalue weighted by Gasteiger charge is 2.08. The van der Waals surface area contributed by atoms with Gasteiger partial charge in [-0.25, -0.2) is 0 Å². The van der Waals surface area contributed by atoms with Crippen LogP contribution < -0.4 is 5.73 Å². The van der Waals surface area contributed by atoms with E-state index in [0.29, 0.717) is 5.56 Å². The second kappa shape index (κ2) is 4.40. The fourth-order valence-electron chi connectivity index (χ4n) is 1.29. The first-order valence-corrected chi connectivity index (χ1v) is 5.24. The number of hydrogen-bond donors (Lipinski definition) is 1. The van der Waals surface area contributed by atoms with Crippen LogP contribution in [-0.4, -0.2) is 5.91 Å². The lowest BCUT2D eigenvalue weighted by atomic mass is 9.96. The van der Waals surface area contributed by atoms with Crippen molar-refractivity contribution in [2.45, 2.75) is 27.7 Å². The zero-order valence-corrected chi connectivity index (χ0v) is 10.2. The van der Waals surface area contributed by atoms with Gasteiger partial charge in [-0.2, -0.15) is 0 Å². The SMILES string of the molecule is Cc1c(C#CC(C)(C)C)cccc1C(N)=O. The van der Waals surface area contributed by atoms with E-state index in [9.17, 15) is 4.79 Å². The smallest absolute Gasteiger partial charge is 0.249 e. The zero-order chi connectivity index (χ0) is 12.3. The predicted molar refractivity (Wildman–Crippen MR) is 66.0 cm³/mol. The highest BCUT2D eigenvalue weighted by atomic mass is 16.1. The topological polar surface area (TPSA) is 43.1 Å². The van der Waals surface area contributed by atoms with Crippen molar-refractivity contribution in [1.29, 1.82) is 0 Å². The molecule has 1 aromatic carbocycles. The fourth-order valence-corrected chi connectivity index (χ4v) is 1.29. The Kier molecular flexibility index (Phi) is 3.39. The number of amides is 1. The molecule has 84 valence electrons. The molecule has 0 aliphatic rings. The summed E-state index contributed by atoms with van der Waals surface area (Å²) < 4.78 is 0. The Hall–Kier alpha value is -1.75. The van der Waals surface area contributed by atoms with Gasteiger partial charge in [0.05, 0.1) is 0 Å². The summed E-state index contributed by atoms with van der Waals surface area (Å²) in [6.45, 7) is 8.01. The number of hydrogen-bond acceptors (Lipinski definition) is 1. The number of rotatable bonds is 1. The van der Waals surface area contributed by atoms with E-state index in [1.54, 1.807) is 12.1 Å². The Morgan fingerprint density at radius 2 is 1.94 bits per heavy atom. The normalized spacial score (nSPS) is 10.5. The zero-order valence-electron chi connectivity index (χ0n) is 10.2. The number of nitrogens with two attached hydrogens (primary N) is 1. The van der Waals surface area contributed by atoms with Gasteiger partial charge in [-0.15, -0.1) is 0 Å². The first kappa shape index (κ1) is 12.3. The van der Waals surface area contributed by atoms with Gasteiger partial charge in [0.25, 0.3) is 0 Å². The van der Waals surface area contributed by atoms with Crippen molar-refractivity contribution in [3.63, 3.8) is 0 Å². The molecule has 0 atom stereocenters. The second-order valence-corrected chi connectivity index (χ2v) is 4.84. The van der Waals surface area contributed by atoms with Crippen LogP contribution in [0.2, 0.25) is 0 Å². The molecular weight excluding hydrogens is 198 g/mol. The van der Waals surface area contributed by atoms with Crippen LogP contribution in [0.4, 0.5) is 0 Å². The summed E-state index contributed by atoms with van der Waals surface area (Å²) in [5, 5.41) is 0. The molecule has 0 aliphatic heterocycles. The summed E-state index contributed by atoms with van der Waals surface area (Å²) in [4.78, 5) is 11.1. The van der Waals surface area contributed by atoms with E-state index in [4.69, 9.17) is 5.73 Å². The monoisotopic (exact) mass is 215 g/mol. The van der Waals surface area contributed by atoms with E-state index in [0.717, 1.165) is 11.1 Å². The van der Waals surface area contributed by atoms with Gasteiger partial charge in [0.15, 0.2) is 0 Å². The number of carbonyl (C=O) groups is 1. The molecule has 0 aliphatic carbocycles. The van der Waals surface area contributed by atoms with Crippen LogP contribution in [0.1, 0.15) is 42.3 Å². The molecule has 2 nitrogen and oxygen atoms in total. The molecule has 1 amide bonds. The minimum atomic E-state index is -0.406. The molecule has 1 aromatic rings. The fraction of sp³-hybridized carbons (Fsp3) is 0.357. The maximum atomic E-state index is 11.1. The van der Waals surface area contributed by atoms with Gasteiger partial charge in [0, 0.05) is 16.5 Å². The highest BCUT2D eigenvalue weighted by molar-refractivity contribution is 5.94. The Bertz CT molecular complexity index is 470. The average Bonchev–Trinajstić information content (AvgIpc) is 2.14. The summed E-state index contributed by atoms with van der Waals surface area (Å²) in [7, 11) is 0. The Labute approximate surface area is 96.9 Å². The molecule has 0 spiro atoms. The lowest BCUT2D eigenvalue weighted by molar-refractivity contribution is 0.0999. The third-order valence-electron chi connectivity index (χ3n) is 2.17. The van der Waals surface area contributed by atoms with Gasteiger partial charge in [0.2, 0.25) is 5.91 Å². The highest BCUT2D eigenvalue weighted by Crippen LogP contribution is 2.14. The first-order chi connectivity index (χ1) is 7.31. The van der Waals surface area contributed by atoms with Crippen LogP contribution in [-0.2, 0) is 0 Å². The van der Waals surface area contributed by atoms with Gasteiger partial charge in [-0.05, 0) is 45.4 Å². The van der Waals surface area contributed by atoms with Crippen LogP contribution >= 0.6 is 0 Å². The third kappa shape index (κ3) is 3.13. The van der Waals surface area contributed by atoms with Gasteiger partial charge in [-0.3, -0.25) is 4.79 Å². The lowest BCUT2D eigenvalue weighted by Gasteiger charge is -2.08. The van der Waals surface area contributed by atoms with Crippen molar-refractivity contribution >= 4 is 5.91 Å². The van der Waals surface area contributed by atoms with Gasteiger partial charge < -0.3 is 5.73 Å². The molecular formula is C14H17NO. The van der Waals surface area contributed by atoms with Crippen molar-refractivity contribution < 1.29 is 4.79 Å². The van der Waals surface area contributed by atoms with Crippen molar-refractivity contribution in [1.82, 2.24) is 0 Å². The number of benzene rings is 1. The Morgan fingerprint density at radius 3 is 2.44 bits per heavy atom. The van der Waals surface area contributed by atoms with E-state index in [-0.39, 0.29) is 5.41 Å². The maximum Gasteiger partial charge on any atom is 0.249 e. The molecule has 0 radical (unpaired) electrons. The van der Waals surface area contributed by atoms with Gasteiger partial charge >= 0.3 is 0 Å². The quantitative estimate of drug-likeness (QED) is 0.718. The van der Waals surface area contributed by atoms with Crippen LogP contribution in [0.15, 0.2) is 18.2 Å². The van der Waals surface area contributed by atoms with E-state index in [2.05, 4.69) is 11.8 Å². The van der Waals surface area contributed by atoms with Crippen molar-refractivity contribution in [3.05, 3.63) is 34.9 Å². The van der Waals surface area contributed by atoms with Crippen molar-refractivity contribution in [2.24, 2.45) is 11.1 Å². The Balaban J connectivity index is 3.20. The predicted octanol–water partition coefficient (Wildman–Crippen LogP) is 2.49. The summed E-state index contributed by atoms with van der Waals surface area (Å²) in [5.74, 6) is 5.83. The summed E-state index contributed by atoms with van der Waals surface area (Å²) >= 11 is 0. The van der Waals surface area contributed by atoms with Gasteiger partial charge in [0.1, 0.15) is 0 Å². The number of primary amides is 1. The van der Waals surface area contributed by atoms with Crippen molar-refractivity contribution in [2.75, 3.05) is 0 Å². The molecule has 2 heteroatoms. The standard InChI is InChI=1S/C14H17NO/c1-10-11(8-9-14(2,3)4)6-5-7-12(10)13(15)16/h5-7H,1-4H3,(H2,15,16). The minimum absolute atomic E-state index is 0.0465. The molecule has 0 bridgehead atoms. The van der Waals surface area contributed by atoms with Crippen LogP contribution in [0.3, 0.4) is 0 Å². The molecule has 0 heterocycles. The molecule has 16 heavy (non-hydrogen) atoms. The molecule has 0 fully saturated rings. The molecule has 1 rings (SSSR count). The molecule has 0 saturated heterocycles.